The van der Waals surface area contributed by atoms with E-state index in [9.17, 15) is 9.18 Å². The highest BCUT2D eigenvalue weighted by molar-refractivity contribution is 5.93. The molecule has 1 N–H and O–H groups in total. The number of nitrogens with zero attached hydrogens (tertiary/aromatic N) is 1. The van der Waals surface area contributed by atoms with Crippen LogP contribution >= 0.6 is 0 Å². The van der Waals surface area contributed by atoms with Crippen molar-refractivity contribution in [1.29, 1.82) is 0 Å². The summed E-state index contributed by atoms with van der Waals surface area (Å²) in [6, 6.07) is 4.29. The van der Waals surface area contributed by atoms with E-state index in [1.165, 1.54) is 12.1 Å². The first-order chi connectivity index (χ1) is 8.97. The Morgan fingerprint density at radius 3 is 2.74 bits per heavy atom. The molecule has 0 aliphatic rings. The normalized spacial score (nSPS) is 10.5. The largest absolute Gasteiger partial charge is 0.361 e. The van der Waals surface area contributed by atoms with Crippen molar-refractivity contribution in [3.05, 3.63) is 46.6 Å². The van der Waals surface area contributed by atoms with Gasteiger partial charge in [0, 0.05) is 11.3 Å². The third-order valence-electron chi connectivity index (χ3n) is 2.99. The molecule has 0 fully saturated rings. The van der Waals surface area contributed by atoms with Gasteiger partial charge in [0.1, 0.15) is 11.6 Å². The molecule has 1 aromatic heterocycles. The zero-order valence-electron chi connectivity index (χ0n) is 11.1. The van der Waals surface area contributed by atoms with Crippen LogP contribution in [0.25, 0.3) is 0 Å². The Bertz CT molecular complexity index is 600. The second-order valence-electron chi connectivity index (χ2n) is 4.49. The van der Waals surface area contributed by atoms with Crippen molar-refractivity contribution >= 4 is 11.6 Å². The van der Waals surface area contributed by atoms with Crippen LogP contribution in [-0.4, -0.2) is 11.1 Å². The molecule has 0 unspecified atom stereocenters. The summed E-state index contributed by atoms with van der Waals surface area (Å²) >= 11 is 0. The molecule has 0 saturated carbocycles. The molecule has 0 radical (unpaired) electrons. The van der Waals surface area contributed by atoms with E-state index in [4.69, 9.17) is 4.52 Å². The lowest BCUT2D eigenvalue weighted by Gasteiger charge is -2.08. The summed E-state index contributed by atoms with van der Waals surface area (Å²) in [7, 11) is 0. The van der Waals surface area contributed by atoms with Crippen molar-refractivity contribution in [2.24, 2.45) is 0 Å². The summed E-state index contributed by atoms with van der Waals surface area (Å²) in [5.41, 5.74) is 2.76. The molecule has 0 saturated heterocycles. The molecular formula is C14H15FN2O2. The van der Waals surface area contributed by atoms with Crippen LogP contribution in [0.15, 0.2) is 22.7 Å². The summed E-state index contributed by atoms with van der Waals surface area (Å²) in [5, 5.41) is 6.49. The topological polar surface area (TPSA) is 55.1 Å². The summed E-state index contributed by atoms with van der Waals surface area (Å²) in [4.78, 5) is 11.9. The monoisotopic (exact) mass is 262 g/mol. The van der Waals surface area contributed by atoms with Gasteiger partial charge in [-0.05, 0) is 38.5 Å². The molecule has 100 valence electrons. The SMILES string of the molecule is Cc1ccc(F)cc1NC(=O)Cc1c(C)noc1C. The molecule has 1 amide bonds. The lowest BCUT2D eigenvalue weighted by Crippen LogP contribution is -2.16. The number of halogens is 1. The molecular weight excluding hydrogens is 247 g/mol. The third kappa shape index (κ3) is 2.99. The summed E-state index contributed by atoms with van der Waals surface area (Å²) < 4.78 is 18.1. The maximum atomic E-state index is 13.1. The number of carbonyl (C=O) groups is 1. The van der Waals surface area contributed by atoms with Crippen molar-refractivity contribution in [1.82, 2.24) is 5.16 Å². The predicted octanol–water partition coefficient (Wildman–Crippen LogP) is 2.92. The van der Waals surface area contributed by atoms with Crippen LogP contribution < -0.4 is 5.32 Å². The van der Waals surface area contributed by atoms with Crippen LogP contribution in [0.1, 0.15) is 22.6 Å². The lowest BCUT2D eigenvalue weighted by molar-refractivity contribution is -0.115. The fourth-order valence-electron chi connectivity index (χ4n) is 1.84. The number of anilines is 1. The molecule has 0 bridgehead atoms. The Morgan fingerprint density at radius 1 is 1.37 bits per heavy atom. The molecule has 1 heterocycles. The number of benzene rings is 1. The van der Waals surface area contributed by atoms with Gasteiger partial charge in [0.15, 0.2) is 0 Å². The first kappa shape index (κ1) is 13.3. The highest BCUT2D eigenvalue weighted by atomic mass is 19.1. The maximum absolute atomic E-state index is 13.1. The van der Waals surface area contributed by atoms with E-state index in [2.05, 4.69) is 10.5 Å². The minimum Gasteiger partial charge on any atom is -0.361 e. The predicted molar refractivity (Wildman–Crippen MR) is 69.4 cm³/mol. The number of amides is 1. The highest BCUT2D eigenvalue weighted by Crippen LogP contribution is 2.18. The number of hydrogen-bond donors (Lipinski definition) is 1. The molecule has 0 atom stereocenters. The van der Waals surface area contributed by atoms with Crippen LogP contribution in [0.2, 0.25) is 0 Å². The van der Waals surface area contributed by atoms with Crippen LogP contribution in [0, 0.1) is 26.6 Å². The van der Waals surface area contributed by atoms with E-state index < -0.39 is 0 Å². The molecule has 4 nitrogen and oxygen atoms in total. The first-order valence-electron chi connectivity index (χ1n) is 5.95. The fraction of sp³-hybridized carbons (Fsp3) is 0.286. The van der Waals surface area contributed by atoms with E-state index in [1.807, 2.05) is 6.92 Å². The highest BCUT2D eigenvalue weighted by Gasteiger charge is 2.14. The number of aryl methyl sites for hydroxylation is 3. The lowest BCUT2D eigenvalue weighted by atomic mass is 10.1. The van der Waals surface area contributed by atoms with Crippen molar-refractivity contribution < 1.29 is 13.7 Å². The number of carbonyl (C=O) groups excluding carboxylic acids is 1. The molecule has 2 aromatic rings. The second-order valence-corrected chi connectivity index (χ2v) is 4.49. The van der Waals surface area contributed by atoms with E-state index >= 15 is 0 Å². The number of rotatable bonds is 3. The second kappa shape index (κ2) is 5.22. The van der Waals surface area contributed by atoms with Crippen LogP contribution in [0.5, 0.6) is 0 Å². The van der Waals surface area contributed by atoms with Gasteiger partial charge in [0.25, 0.3) is 0 Å². The van der Waals surface area contributed by atoms with Gasteiger partial charge in [-0.15, -0.1) is 0 Å². The third-order valence-corrected chi connectivity index (χ3v) is 2.99. The Kier molecular flexibility index (Phi) is 3.64. The van der Waals surface area contributed by atoms with Gasteiger partial charge in [-0.1, -0.05) is 11.2 Å². The average molecular weight is 262 g/mol. The Hall–Kier alpha value is -2.17. The maximum Gasteiger partial charge on any atom is 0.229 e. The van der Waals surface area contributed by atoms with E-state index in [1.54, 1.807) is 19.9 Å². The number of aromatic nitrogens is 1. The minimum atomic E-state index is -0.377. The van der Waals surface area contributed by atoms with E-state index in [-0.39, 0.29) is 18.1 Å². The van der Waals surface area contributed by atoms with Crippen LogP contribution in [0.3, 0.4) is 0 Å². The number of hydrogen-bond acceptors (Lipinski definition) is 3. The fourth-order valence-corrected chi connectivity index (χ4v) is 1.84. The summed E-state index contributed by atoms with van der Waals surface area (Å²) in [6.45, 7) is 5.35. The standard InChI is InChI=1S/C14H15FN2O2/c1-8-4-5-11(15)6-13(8)16-14(18)7-12-9(2)17-19-10(12)3/h4-6H,7H2,1-3H3,(H,16,18). The summed E-state index contributed by atoms with van der Waals surface area (Å²) in [5.74, 6) is 0.0324. The Morgan fingerprint density at radius 2 is 2.11 bits per heavy atom. The van der Waals surface area contributed by atoms with Gasteiger partial charge >= 0.3 is 0 Å². The van der Waals surface area contributed by atoms with Crippen LogP contribution in [-0.2, 0) is 11.2 Å². The van der Waals surface area contributed by atoms with Gasteiger partial charge in [-0.25, -0.2) is 4.39 Å². The Balaban J connectivity index is 2.12. The van der Waals surface area contributed by atoms with Crippen molar-refractivity contribution in [2.75, 3.05) is 5.32 Å². The number of nitrogens with one attached hydrogen (secondary N) is 1. The molecule has 0 aliphatic heterocycles. The van der Waals surface area contributed by atoms with Gasteiger partial charge in [-0.3, -0.25) is 4.79 Å². The molecule has 0 aliphatic carbocycles. The average Bonchev–Trinajstić information content (AvgIpc) is 2.65. The molecule has 1 aromatic carbocycles. The van der Waals surface area contributed by atoms with Gasteiger partial charge in [0.2, 0.25) is 5.91 Å². The van der Waals surface area contributed by atoms with Crippen molar-refractivity contribution in [3.8, 4) is 0 Å². The van der Waals surface area contributed by atoms with Gasteiger partial charge < -0.3 is 9.84 Å². The molecule has 2 rings (SSSR count). The molecule has 5 heteroatoms. The summed E-state index contributed by atoms with van der Waals surface area (Å²) in [6.07, 6.45) is 0.164. The zero-order valence-corrected chi connectivity index (χ0v) is 11.1. The first-order valence-corrected chi connectivity index (χ1v) is 5.95. The zero-order chi connectivity index (χ0) is 14.0. The molecule has 0 spiro atoms. The van der Waals surface area contributed by atoms with Gasteiger partial charge in [-0.2, -0.15) is 0 Å². The van der Waals surface area contributed by atoms with Crippen molar-refractivity contribution in [3.63, 3.8) is 0 Å². The minimum absolute atomic E-state index is 0.164. The smallest absolute Gasteiger partial charge is 0.229 e. The van der Waals surface area contributed by atoms with Crippen molar-refractivity contribution in [2.45, 2.75) is 27.2 Å². The van der Waals surface area contributed by atoms with Crippen LogP contribution in [0.4, 0.5) is 10.1 Å². The quantitative estimate of drug-likeness (QED) is 0.925. The molecule has 19 heavy (non-hydrogen) atoms. The van der Waals surface area contributed by atoms with Gasteiger partial charge in [0.05, 0.1) is 12.1 Å². The van der Waals surface area contributed by atoms with E-state index in [0.717, 1.165) is 11.1 Å². The van der Waals surface area contributed by atoms with E-state index in [0.29, 0.717) is 17.1 Å². The Labute approximate surface area is 110 Å².